The molecular formula is C12H15KO4. The molecule has 0 unspecified atom stereocenters. The van der Waals surface area contributed by atoms with Crippen LogP contribution in [0.25, 0.3) is 0 Å². The number of carboxylic acid groups (broad SMARTS) is 2. The molecule has 0 amide bonds. The largest absolute Gasteiger partial charge is 1.00 e. The maximum absolute atomic E-state index is 9.75. The molecule has 0 saturated carbocycles. The quantitative estimate of drug-likeness (QED) is 0.364. The van der Waals surface area contributed by atoms with Crippen LogP contribution in [0.1, 0.15) is 13.8 Å². The standard InChI is InChI=1S/2C6H8O2.K/c2*1-2-3-4-5-6(7)8;/h2*2-5H,1H3,(H,7,8);/q;;+1/p-1. The van der Waals surface area contributed by atoms with Crippen molar-refractivity contribution in [3.8, 4) is 0 Å². The van der Waals surface area contributed by atoms with Crippen molar-refractivity contribution in [3.05, 3.63) is 48.6 Å². The van der Waals surface area contributed by atoms with Gasteiger partial charge in [0.1, 0.15) is 0 Å². The first kappa shape index (κ1) is 21.8. The minimum atomic E-state index is -1.16. The van der Waals surface area contributed by atoms with E-state index in [9.17, 15) is 14.7 Å². The van der Waals surface area contributed by atoms with Crippen LogP contribution >= 0.6 is 0 Å². The second-order valence-corrected chi connectivity index (χ2v) is 2.43. The summed E-state index contributed by atoms with van der Waals surface area (Å²) in [5.41, 5.74) is 0. The first-order valence-electron chi connectivity index (χ1n) is 4.57. The van der Waals surface area contributed by atoms with Gasteiger partial charge in [-0.3, -0.25) is 0 Å². The van der Waals surface area contributed by atoms with E-state index in [4.69, 9.17) is 5.11 Å². The summed E-state index contributed by atoms with van der Waals surface area (Å²) in [6, 6.07) is 0. The molecule has 0 atom stereocenters. The van der Waals surface area contributed by atoms with Crippen molar-refractivity contribution in [3.63, 3.8) is 0 Å². The predicted molar refractivity (Wildman–Crippen MR) is 60.6 cm³/mol. The Morgan fingerprint density at radius 2 is 1.35 bits per heavy atom. The van der Waals surface area contributed by atoms with Gasteiger partial charge in [0.15, 0.2) is 0 Å². The molecule has 17 heavy (non-hydrogen) atoms. The van der Waals surface area contributed by atoms with Gasteiger partial charge in [-0.2, -0.15) is 0 Å². The Balaban J connectivity index is -0.000000218. The summed E-state index contributed by atoms with van der Waals surface area (Å²) < 4.78 is 0. The smallest absolute Gasteiger partial charge is 0.545 e. The third-order valence-corrected chi connectivity index (χ3v) is 1.08. The third-order valence-electron chi connectivity index (χ3n) is 1.08. The van der Waals surface area contributed by atoms with Gasteiger partial charge in [0.2, 0.25) is 0 Å². The van der Waals surface area contributed by atoms with Gasteiger partial charge >= 0.3 is 57.4 Å². The van der Waals surface area contributed by atoms with Crippen LogP contribution in [0, 0.1) is 0 Å². The summed E-state index contributed by atoms with van der Waals surface area (Å²) in [6.07, 6.45) is 11.7. The zero-order valence-electron chi connectivity index (χ0n) is 10.3. The maximum Gasteiger partial charge on any atom is 1.00 e. The minimum absolute atomic E-state index is 0. The van der Waals surface area contributed by atoms with Crippen molar-refractivity contribution in [1.82, 2.24) is 0 Å². The number of allylic oxidation sites excluding steroid dienone is 6. The van der Waals surface area contributed by atoms with Gasteiger partial charge in [0, 0.05) is 6.08 Å². The summed E-state index contributed by atoms with van der Waals surface area (Å²) in [4.78, 5) is 19.4. The van der Waals surface area contributed by atoms with Crippen LogP contribution in [0.5, 0.6) is 0 Å². The van der Waals surface area contributed by atoms with E-state index in [1.807, 2.05) is 6.92 Å². The van der Waals surface area contributed by atoms with Gasteiger partial charge in [-0.1, -0.05) is 36.5 Å². The molecule has 0 rings (SSSR count). The molecule has 0 aromatic rings. The van der Waals surface area contributed by atoms with Gasteiger partial charge in [-0.15, -0.1) is 0 Å². The van der Waals surface area contributed by atoms with Crippen LogP contribution in [0.15, 0.2) is 48.6 Å². The Labute approximate surface area is 144 Å². The van der Waals surface area contributed by atoms with Crippen molar-refractivity contribution >= 4 is 11.9 Å². The van der Waals surface area contributed by atoms with Crippen LogP contribution in [0.4, 0.5) is 0 Å². The van der Waals surface area contributed by atoms with Gasteiger partial charge in [-0.25, -0.2) is 4.79 Å². The zero-order valence-corrected chi connectivity index (χ0v) is 13.4. The fraction of sp³-hybridized carbons (Fsp3) is 0.167. The maximum atomic E-state index is 9.75. The summed E-state index contributed by atoms with van der Waals surface area (Å²) in [7, 11) is 0. The first-order valence-corrected chi connectivity index (χ1v) is 4.57. The molecule has 0 aliphatic rings. The van der Waals surface area contributed by atoms with Gasteiger partial charge < -0.3 is 15.0 Å². The van der Waals surface area contributed by atoms with Gasteiger partial charge in [0.05, 0.1) is 5.97 Å². The molecule has 4 nitrogen and oxygen atoms in total. The van der Waals surface area contributed by atoms with E-state index in [0.29, 0.717) is 0 Å². The number of hydrogen-bond donors (Lipinski definition) is 1. The summed E-state index contributed by atoms with van der Waals surface area (Å²) in [6.45, 7) is 3.63. The molecule has 88 valence electrons. The number of carbonyl (C=O) groups excluding carboxylic acids is 1. The molecule has 0 aromatic heterocycles. The minimum Gasteiger partial charge on any atom is -0.545 e. The van der Waals surface area contributed by atoms with Crippen molar-refractivity contribution in [1.29, 1.82) is 0 Å². The Morgan fingerprint density at radius 1 is 0.941 bits per heavy atom. The van der Waals surface area contributed by atoms with E-state index < -0.39 is 11.9 Å². The Bertz CT molecular complexity index is 282. The topological polar surface area (TPSA) is 77.4 Å². The van der Waals surface area contributed by atoms with E-state index in [1.54, 1.807) is 31.2 Å². The molecule has 0 spiro atoms. The van der Waals surface area contributed by atoms with Crippen LogP contribution < -0.4 is 56.5 Å². The molecule has 0 bridgehead atoms. The summed E-state index contributed by atoms with van der Waals surface area (Å²) in [5.74, 6) is -2.08. The fourth-order valence-corrected chi connectivity index (χ4v) is 0.494. The van der Waals surface area contributed by atoms with Crippen molar-refractivity contribution in [2.45, 2.75) is 13.8 Å². The van der Waals surface area contributed by atoms with E-state index >= 15 is 0 Å². The fourth-order valence-electron chi connectivity index (χ4n) is 0.494. The van der Waals surface area contributed by atoms with E-state index in [-0.39, 0.29) is 51.4 Å². The van der Waals surface area contributed by atoms with E-state index in [2.05, 4.69) is 0 Å². The van der Waals surface area contributed by atoms with Gasteiger partial charge in [0.25, 0.3) is 0 Å². The van der Waals surface area contributed by atoms with Gasteiger partial charge in [-0.05, 0) is 19.9 Å². The predicted octanol–water partition coefficient (Wildman–Crippen LogP) is -1.92. The summed E-state index contributed by atoms with van der Waals surface area (Å²) >= 11 is 0. The van der Waals surface area contributed by atoms with E-state index in [1.165, 1.54) is 12.2 Å². The first-order chi connectivity index (χ1) is 7.54. The number of hydrogen-bond acceptors (Lipinski definition) is 3. The number of carbonyl (C=O) groups is 2. The Hall–Kier alpha value is -0.464. The molecule has 0 saturated heterocycles. The van der Waals surface area contributed by atoms with Crippen LogP contribution in [0.2, 0.25) is 0 Å². The molecule has 1 N–H and O–H groups in total. The second-order valence-electron chi connectivity index (χ2n) is 2.43. The van der Waals surface area contributed by atoms with Crippen molar-refractivity contribution < 1.29 is 71.2 Å². The molecule has 0 aromatic carbocycles. The van der Waals surface area contributed by atoms with Crippen LogP contribution in [-0.2, 0) is 9.59 Å². The SMILES string of the molecule is CC=CC=CC(=O)O.CC=CC=CC(=O)[O-].[K+]. The van der Waals surface area contributed by atoms with Crippen LogP contribution in [-0.4, -0.2) is 17.0 Å². The average molecular weight is 262 g/mol. The Morgan fingerprint density at radius 3 is 1.65 bits per heavy atom. The molecule has 0 radical (unpaired) electrons. The van der Waals surface area contributed by atoms with Crippen LogP contribution in [0.3, 0.4) is 0 Å². The molecule has 0 aliphatic carbocycles. The molecule has 5 heteroatoms. The molecule has 0 aliphatic heterocycles. The molecule has 0 heterocycles. The second kappa shape index (κ2) is 17.9. The average Bonchev–Trinajstić information content (AvgIpc) is 2.18. The number of rotatable bonds is 4. The Kier molecular flexibility index (Phi) is 23.0. The normalized spacial score (nSPS) is 10.5. The van der Waals surface area contributed by atoms with Crippen molar-refractivity contribution in [2.24, 2.45) is 0 Å². The zero-order chi connectivity index (χ0) is 12.8. The number of carboxylic acids is 2. The monoisotopic (exact) mass is 262 g/mol. The molecule has 0 fully saturated rings. The summed E-state index contributed by atoms with van der Waals surface area (Å²) in [5, 5.41) is 17.7. The molecular weight excluding hydrogens is 247 g/mol. The van der Waals surface area contributed by atoms with Crippen molar-refractivity contribution in [2.75, 3.05) is 0 Å². The third kappa shape index (κ3) is 31.3. The number of aliphatic carboxylic acids is 2. The van der Waals surface area contributed by atoms with E-state index in [0.717, 1.165) is 12.2 Å².